The standard InChI is InChI=1S/C19H14N4OS/c24-18-15-10-13(8-9-16(15)20-11-21-18)22-19(25)23-17-7-3-5-12-4-1-2-6-14(12)17/h1-11H,(H,20,21,24)(H2,22,23,25). The first-order valence-electron chi connectivity index (χ1n) is 7.74. The van der Waals surface area contributed by atoms with Crippen LogP contribution in [0.15, 0.2) is 71.8 Å². The van der Waals surface area contributed by atoms with Gasteiger partial charge in [0.25, 0.3) is 5.56 Å². The van der Waals surface area contributed by atoms with Crippen LogP contribution in [0.5, 0.6) is 0 Å². The van der Waals surface area contributed by atoms with Crippen molar-refractivity contribution in [1.82, 2.24) is 9.97 Å². The second kappa shape index (κ2) is 6.33. The van der Waals surface area contributed by atoms with E-state index in [9.17, 15) is 4.79 Å². The lowest BCUT2D eigenvalue weighted by atomic mass is 10.1. The Hall–Kier alpha value is -3.25. The minimum atomic E-state index is -0.179. The molecule has 4 rings (SSSR count). The average Bonchev–Trinajstić information content (AvgIpc) is 2.63. The maximum Gasteiger partial charge on any atom is 0.258 e. The molecule has 1 aromatic heterocycles. The maximum atomic E-state index is 11.9. The lowest BCUT2D eigenvalue weighted by Gasteiger charge is -2.13. The van der Waals surface area contributed by atoms with Crippen molar-refractivity contribution in [2.45, 2.75) is 0 Å². The molecular weight excluding hydrogens is 332 g/mol. The summed E-state index contributed by atoms with van der Waals surface area (Å²) in [5, 5.41) is 9.53. The second-order valence-corrected chi connectivity index (χ2v) is 5.98. The van der Waals surface area contributed by atoms with Crippen LogP contribution in [0.2, 0.25) is 0 Å². The minimum Gasteiger partial charge on any atom is -0.332 e. The van der Waals surface area contributed by atoms with Gasteiger partial charge < -0.3 is 15.6 Å². The minimum absolute atomic E-state index is 0.179. The summed E-state index contributed by atoms with van der Waals surface area (Å²) in [5.41, 5.74) is 2.11. The first-order valence-corrected chi connectivity index (χ1v) is 8.15. The number of rotatable bonds is 2. The molecule has 0 aliphatic rings. The number of H-pyrrole nitrogens is 1. The van der Waals surface area contributed by atoms with E-state index in [-0.39, 0.29) is 5.56 Å². The Morgan fingerprint density at radius 3 is 2.72 bits per heavy atom. The summed E-state index contributed by atoms with van der Waals surface area (Å²) in [5.74, 6) is 0. The Balaban J connectivity index is 1.60. The van der Waals surface area contributed by atoms with Crippen LogP contribution in [0.3, 0.4) is 0 Å². The highest BCUT2D eigenvalue weighted by atomic mass is 32.1. The second-order valence-electron chi connectivity index (χ2n) is 5.57. The number of fused-ring (bicyclic) bond motifs is 2. The smallest absolute Gasteiger partial charge is 0.258 e. The Bertz CT molecular complexity index is 1150. The molecule has 0 saturated carbocycles. The zero-order chi connectivity index (χ0) is 17.2. The van der Waals surface area contributed by atoms with Gasteiger partial charge in [-0.15, -0.1) is 0 Å². The van der Waals surface area contributed by atoms with Gasteiger partial charge >= 0.3 is 0 Å². The molecule has 0 amide bonds. The zero-order valence-electron chi connectivity index (χ0n) is 13.1. The summed E-state index contributed by atoms with van der Waals surface area (Å²) < 4.78 is 0. The van der Waals surface area contributed by atoms with E-state index in [2.05, 4.69) is 32.7 Å². The molecule has 0 bridgehead atoms. The van der Waals surface area contributed by atoms with Gasteiger partial charge in [-0.05, 0) is 41.9 Å². The van der Waals surface area contributed by atoms with Gasteiger partial charge in [-0.25, -0.2) is 4.98 Å². The van der Waals surface area contributed by atoms with Crippen LogP contribution in [0.4, 0.5) is 11.4 Å². The van der Waals surface area contributed by atoms with Crippen molar-refractivity contribution in [2.75, 3.05) is 10.6 Å². The van der Waals surface area contributed by atoms with Crippen molar-refractivity contribution in [3.05, 3.63) is 77.3 Å². The molecule has 0 spiro atoms. The molecule has 4 aromatic rings. The van der Waals surface area contributed by atoms with Crippen molar-refractivity contribution in [2.24, 2.45) is 0 Å². The predicted octanol–water partition coefficient (Wildman–Crippen LogP) is 3.89. The van der Waals surface area contributed by atoms with Gasteiger partial charge in [0.1, 0.15) is 0 Å². The molecular formula is C19H14N4OS. The summed E-state index contributed by atoms with van der Waals surface area (Å²) in [4.78, 5) is 18.6. The number of hydrogen-bond acceptors (Lipinski definition) is 3. The topological polar surface area (TPSA) is 69.8 Å². The van der Waals surface area contributed by atoms with Crippen LogP contribution in [0, 0.1) is 0 Å². The van der Waals surface area contributed by atoms with E-state index in [1.165, 1.54) is 6.33 Å². The summed E-state index contributed by atoms with van der Waals surface area (Å²) in [6.07, 6.45) is 1.39. The Morgan fingerprint density at radius 1 is 0.960 bits per heavy atom. The highest BCUT2D eigenvalue weighted by Crippen LogP contribution is 2.23. The van der Waals surface area contributed by atoms with Crippen LogP contribution in [-0.2, 0) is 0 Å². The zero-order valence-corrected chi connectivity index (χ0v) is 13.9. The van der Waals surface area contributed by atoms with Crippen LogP contribution in [-0.4, -0.2) is 15.1 Å². The Morgan fingerprint density at radius 2 is 1.80 bits per heavy atom. The number of anilines is 2. The molecule has 0 saturated heterocycles. The number of thiocarbonyl (C=S) groups is 1. The lowest BCUT2D eigenvalue weighted by Crippen LogP contribution is -2.19. The van der Waals surface area contributed by atoms with Gasteiger partial charge in [0.15, 0.2) is 5.11 Å². The molecule has 0 radical (unpaired) electrons. The molecule has 0 atom stereocenters. The number of aromatic amines is 1. The molecule has 25 heavy (non-hydrogen) atoms. The van der Waals surface area contributed by atoms with E-state index in [1.807, 2.05) is 36.4 Å². The Kier molecular flexibility index (Phi) is 3.87. The highest BCUT2D eigenvalue weighted by molar-refractivity contribution is 7.80. The van der Waals surface area contributed by atoms with Crippen molar-refractivity contribution in [1.29, 1.82) is 0 Å². The first kappa shape index (κ1) is 15.3. The van der Waals surface area contributed by atoms with Gasteiger partial charge in [0.2, 0.25) is 0 Å². The molecule has 0 fully saturated rings. The Labute approximate surface area is 148 Å². The third-order valence-electron chi connectivity index (χ3n) is 3.94. The van der Waals surface area contributed by atoms with Crippen molar-refractivity contribution >= 4 is 50.4 Å². The summed E-state index contributed by atoms with van der Waals surface area (Å²) >= 11 is 5.41. The number of nitrogens with one attached hydrogen (secondary N) is 3. The van der Waals surface area contributed by atoms with Gasteiger partial charge in [-0.2, -0.15) is 0 Å². The summed E-state index contributed by atoms with van der Waals surface area (Å²) in [6.45, 7) is 0. The summed E-state index contributed by atoms with van der Waals surface area (Å²) in [7, 11) is 0. The first-order chi connectivity index (χ1) is 12.2. The van der Waals surface area contributed by atoms with Crippen LogP contribution >= 0.6 is 12.2 Å². The number of benzene rings is 3. The van der Waals surface area contributed by atoms with Gasteiger partial charge in [0.05, 0.1) is 17.2 Å². The number of nitrogens with zero attached hydrogens (tertiary/aromatic N) is 1. The van der Waals surface area contributed by atoms with E-state index < -0.39 is 0 Å². The van der Waals surface area contributed by atoms with E-state index in [4.69, 9.17) is 12.2 Å². The number of hydrogen-bond donors (Lipinski definition) is 3. The summed E-state index contributed by atoms with van der Waals surface area (Å²) in [6, 6.07) is 19.5. The highest BCUT2D eigenvalue weighted by Gasteiger charge is 2.05. The van der Waals surface area contributed by atoms with Gasteiger partial charge in [-0.3, -0.25) is 4.79 Å². The quantitative estimate of drug-likeness (QED) is 0.481. The molecule has 3 aromatic carbocycles. The molecule has 5 nitrogen and oxygen atoms in total. The largest absolute Gasteiger partial charge is 0.332 e. The van der Waals surface area contributed by atoms with E-state index >= 15 is 0 Å². The monoisotopic (exact) mass is 346 g/mol. The van der Waals surface area contributed by atoms with E-state index in [0.717, 1.165) is 22.1 Å². The molecule has 0 aliphatic carbocycles. The average molecular weight is 346 g/mol. The van der Waals surface area contributed by atoms with Gasteiger partial charge in [-0.1, -0.05) is 36.4 Å². The van der Waals surface area contributed by atoms with Crippen LogP contribution in [0.1, 0.15) is 0 Å². The fourth-order valence-electron chi connectivity index (χ4n) is 2.77. The lowest BCUT2D eigenvalue weighted by molar-refractivity contribution is 1.17. The predicted molar refractivity (Wildman–Crippen MR) is 106 cm³/mol. The maximum absolute atomic E-state index is 11.9. The van der Waals surface area contributed by atoms with Crippen molar-refractivity contribution in [3.63, 3.8) is 0 Å². The molecule has 122 valence electrons. The van der Waals surface area contributed by atoms with E-state index in [1.54, 1.807) is 12.1 Å². The molecule has 6 heteroatoms. The fourth-order valence-corrected chi connectivity index (χ4v) is 2.99. The third kappa shape index (κ3) is 3.07. The third-order valence-corrected chi connectivity index (χ3v) is 4.14. The fraction of sp³-hybridized carbons (Fsp3) is 0. The van der Waals surface area contributed by atoms with Crippen molar-refractivity contribution in [3.8, 4) is 0 Å². The molecule has 1 heterocycles. The molecule has 0 unspecified atom stereocenters. The molecule has 0 aliphatic heterocycles. The SMILES string of the molecule is O=c1[nH]cnc2ccc(NC(=S)Nc3cccc4ccccc34)cc12. The van der Waals surface area contributed by atoms with Crippen LogP contribution < -0.4 is 16.2 Å². The van der Waals surface area contributed by atoms with Gasteiger partial charge in [0, 0.05) is 16.8 Å². The number of aromatic nitrogens is 2. The van der Waals surface area contributed by atoms with Crippen LogP contribution in [0.25, 0.3) is 21.7 Å². The normalized spacial score (nSPS) is 10.7. The van der Waals surface area contributed by atoms with E-state index in [0.29, 0.717) is 16.0 Å². The van der Waals surface area contributed by atoms with Crippen molar-refractivity contribution < 1.29 is 0 Å². The molecule has 3 N–H and O–H groups in total.